The highest BCUT2D eigenvalue weighted by atomic mass is 35.5. The smallest absolute Gasteiger partial charge is 0.328 e. The van der Waals surface area contributed by atoms with Gasteiger partial charge in [-0.15, -0.1) is 12.4 Å². The van der Waals surface area contributed by atoms with Crippen LogP contribution < -0.4 is 16.4 Å². The molecule has 1 rings (SSSR count). The van der Waals surface area contributed by atoms with Crippen LogP contribution in [0.1, 0.15) is 52.5 Å². The van der Waals surface area contributed by atoms with Gasteiger partial charge in [-0.3, -0.25) is 9.59 Å². The van der Waals surface area contributed by atoms with Crippen LogP contribution in [0.25, 0.3) is 0 Å². The van der Waals surface area contributed by atoms with Crippen molar-refractivity contribution in [2.24, 2.45) is 17.6 Å². The van der Waals surface area contributed by atoms with Crippen LogP contribution in [0.2, 0.25) is 0 Å². The van der Waals surface area contributed by atoms with E-state index in [1.165, 1.54) is 7.11 Å². The number of benzene rings is 1. The fraction of sp³-hybridized carbons (Fsp3) is 0.625. The fourth-order valence-corrected chi connectivity index (χ4v) is 3.56. The number of esters is 1. The second-order valence-electron chi connectivity index (χ2n) is 9.05. The molecule has 0 spiro atoms. The third kappa shape index (κ3) is 12.0. The van der Waals surface area contributed by atoms with Gasteiger partial charge >= 0.3 is 5.97 Å². The van der Waals surface area contributed by atoms with Crippen LogP contribution in [-0.2, 0) is 25.5 Å². The first-order chi connectivity index (χ1) is 15.0. The van der Waals surface area contributed by atoms with Gasteiger partial charge in [-0.1, -0.05) is 58.0 Å². The molecule has 4 atom stereocenters. The summed E-state index contributed by atoms with van der Waals surface area (Å²) in [7, 11) is 1.26. The Morgan fingerprint density at radius 2 is 1.64 bits per heavy atom. The Bertz CT molecular complexity index is 730. The monoisotopic (exact) mass is 485 g/mol. The molecular weight excluding hydrogens is 446 g/mol. The van der Waals surface area contributed by atoms with Crippen LogP contribution in [0, 0.1) is 11.8 Å². The third-order valence-electron chi connectivity index (χ3n) is 5.12. The molecule has 0 aromatic heterocycles. The van der Waals surface area contributed by atoms with Gasteiger partial charge in [-0.2, -0.15) is 0 Å². The standard InChI is InChI=1S/C24H39N3O5.ClH/c1-15(2)11-18(25)13-19(28)14-21(29)27-22(16(3)4)23(30)26-20(24(31)32-5)12-17-9-7-6-8-10-17;/h6-10,15-16,18-20,22,28H,11-14,25H2,1-5H3,(H,26,30)(H,27,29);1H/t18?,19?,20-,22-;/m0./s1. The normalized spacial score (nSPS) is 14.6. The van der Waals surface area contributed by atoms with Crippen molar-refractivity contribution in [3.05, 3.63) is 35.9 Å². The third-order valence-corrected chi connectivity index (χ3v) is 5.12. The predicted octanol–water partition coefficient (Wildman–Crippen LogP) is 1.96. The number of nitrogens with one attached hydrogen (secondary N) is 2. The summed E-state index contributed by atoms with van der Waals surface area (Å²) >= 11 is 0. The van der Waals surface area contributed by atoms with Gasteiger partial charge in [-0.25, -0.2) is 4.79 Å². The zero-order valence-electron chi connectivity index (χ0n) is 20.2. The van der Waals surface area contributed by atoms with Crippen LogP contribution in [0.4, 0.5) is 0 Å². The van der Waals surface area contributed by atoms with Crippen molar-refractivity contribution in [1.82, 2.24) is 10.6 Å². The van der Waals surface area contributed by atoms with Crippen LogP contribution >= 0.6 is 12.4 Å². The first-order valence-corrected chi connectivity index (χ1v) is 11.2. The number of amides is 2. The molecule has 0 bridgehead atoms. The van der Waals surface area contributed by atoms with Crippen molar-refractivity contribution in [2.75, 3.05) is 7.11 Å². The van der Waals surface area contributed by atoms with E-state index in [9.17, 15) is 19.5 Å². The molecule has 1 aromatic carbocycles. The van der Waals surface area contributed by atoms with E-state index in [0.717, 1.165) is 12.0 Å². The number of ether oxygens (including phenoxy) is 1. The van der Waals surface area contributed by atoms with Crippen LogP contribution in [0.3, 0.4) is 0 Å². The highest BCUT2D eigenvalue weighted by Gasteiger charge is 2.30. The van der Waals surface area contributed by atoms with Crippen LogP contribution in [0.15, 0.2) is 30.3 Å². The van der Waals surface area contributed by atoms with Gasteiger partial charge in [0.05, 0.1) is 19.6 Å². The average Bonchev–Trinajstić information content (AvgIpc) is 2.70. The van der Waals surface area contributed by atoms with Gasteiger partial charge in [0.15, 0.2) is 0 Å². The van der Waals surface area contributed by atoms with Gasteiger partial charge in [0, 0.05) is 12.5 Å². The quantitative estimate of drug-likeness (QED) is 0.316. The van der Waals surface area contributed by atoms with Crippen molar-refractivity contribution in [2.45, 2.75) is 77.6 Å². The number of aliphatic hydroxyl groups is 1. The second-order valence-corrected chi connectivity index (χ2v) is 9.05. The lowest BCUT2D eigenvalue weighted by Gasteiger charge is -2.25. The zero-order chi connectivity index (χ0) is 24.3. The van der Waals surface area contributed by atoms with Crippen molar-refractivity contribution in [1.29, 1.82) is 0 Å². The van der Waals surface area contributed by atoms with Gasteiger partial charge < -0.3 is 26.2 Å². The summed E-state index contributed by atoms with van der Waals surface area (Å²) in [6, 6.07) is 7.34. The van der Waals surface area contributed by atoms with Crippen molar-refractivity contribution < 1.29 is 24.2 Å². The molecule has 188 valence electrons. The molecule has 5 N–H and O–H groups in total. The number of carbonyl (C=O) groups is 3. The molecule has 0 heterocycles. The number of halogens is 1. The minimum Gasteiger partial charge on any atom is -0.467 e. The SMILES string of the molecule is COC(=O)[C@H](Cc1ccccc1)NC(=O)[C@@H](NC(=O)CC(O)CC(N)CC(C)C)C(C)C.Cl. The molecule has 1 aromatic rings. The maximum absolute atomic E-state index is 12.9. The second kappa shape index (κ2) is 15.6. The van der Waals surface area contributed by atoms with Crippen molar-refractivity contribution >= 4 is 30.2 Å². The minimum absolute atomic E-state index is 0. The highest BCUT2D eigenvalue weighted by molar-refractivity contribution is 5.91. The lowest BCUT2D eigenvalue weighted by molar-refractivity contribution is -0.145. The molecule has 0 saturated carbocycles. The molecule has 0 radical (unpaired) electrons. The van der Waals surface area contributed by atoms with E-state index in [1.807, 2.05) is 44.2 Å². The van der Waals surface area contributed by atoms with Gasteiger partial charge in [0.2, 0.25) is 11.8 Å². The minimum atomic E-state index is -0.888. The van der Waals surface area contributed by atoms with Gasteiger partial charge in [0.25, 0.3) is 0 Å². The maximum atomic E-state index is 12.9. The summed E-state index contributed by atoms with van der Waals surface area (Å²) in [5.41, 5.74) is 6.88. The highest BCUT2D eigenvalue weighted by Crippen LogP contribution is 2.11. The summed E-state index contributed by atoms with van der Waals surface area (Å²) in [5, 5.41) is 15.6. The van der Waals surface area contributed by atoms with Crippen molar-refractivity contribution in [3.8, 4) is 0 Å². The molecule has 0 saturated heterocycles. The number of hydrogen-bond acceptors (Lipinski definition) is 6. The Morgan fingerprint density at radius 3 is 2.15 bits per heavy atom. The molecule has 8 nitrogen and oxygen atoms in total. The Morgan fingerprint density at radius 1 is 1.03 bits per heavy atom. The van der Waals surface area contributed by atoms with E-state index in [0.29, 0.717) is 12.3 Å². The number of carbonyl (C=O) groups excluding carboxylic acids is 3. The molecule has 2 amide bonds. The Kier molecular flexibility index (Phi) is 14.6. The topological polar surface area (TPSA) is 131 Å². The number of hydrogen-bond donors (Lipinski definition) is 4. The van der Waals surface area contributed by atoms with Gasteiger partial charge in [-0.05, 0) is 30.2 Å². The summed E-state index contributed by atoms with van der Waals surface area (Å²) in [6.45, 7) is 7.68. The van der Waals surface area contributed by atoms with Crippen LogP contribution in [0.5, 0.6) is 0 Å². The number of methoxy groups -OCH3 is 1. The first kappa shape index (κ1) is 30.8. The molecule has 9 heteroatoms. The first-order valence-electron chi connectivity index (χ1n) is 11.2. The van der Waals surface area contributed by atoms with Crippen LogP contribution in [-0.4, -0.2) is 54.2 Å². The van der Waals surface area contributed by atoms with E-state index < -0.39 is 36.0 Å². The Hall–Kier alpha value is -2.16. The zero-order valence-corrected chi connectivity index (χ0v) is 21.1. The number of aliphatic hydroxyl groups excluding tert-OH is 1. The average molecular weight is 486 g/mol. The van der Waals surface area contributed by atoms with E-state index in [-0.39, 0.29) is 37.2 Å². The number of rotatable bonds is 13. The van der Waals surface area contributed by atoms with E-state index in [4.69, 9.17) is 10.5 Å². The predicted molar refractivity (Wildman–Crippen MR) is 131 cm³/mol. The summed E-state index contributed by atoms with van der Waals surface area (Å²) in [5.74, 6) is -1.31. The Balaban J connectivity index is 0.0000102. The van der Waals surface area contributed by atoms with E-state index in [1.54, 1.807) is 13.8 Å². The van der Waals surface area contributed by atoms with Crippen molar-refractivity contribution in [3.63, 3.8) is 0 Å². The Labute approximate surface area is 203 Å². The molecule has 0 aliphatic rings. The summed E-state index contributed by atoms with van der Waals surface area (Å²) < 4.78 is 4.84. The lowest BCUT2D eigenvalue weighted by atomic mass is 9.97. The molecule has 33 heavy (non-hydrogen) atoms. The maximum Gasteiger partial charge on any atom is 0.328 e. The summed E-state index contributed by atoms with van der Waals surface area (Å²) in [4.78, 5) is 37.6. The summed E-state index contributed by atoms with van der Waals surface area (Å²) in [6.07, 6.45) is 0.301. The largest absolute Gasteiger partial charge is 0.467 e. The molecule has 0 aliphatic carbocycles. The molecule has 2 unspecified atom stereocenters. The lowest BCUT2D eigenvalue weighted by Crippen LogP contribution is -2.54. The fourth-order valence-electron chi connectivity index (χ4n) is 3.56. The van der Waals surface area contributed by atoms with E-state index in [2.05, 4.69) is 10.6 Å². The molecule has 0 aliphatic heterocycles. The molecular formula is C24H40ClN3O5. The number of nitrogens with two attached hydrogens (primary N) is 1. The molecule has 0 fully saturated rings. The van der Waals surface area contributed by atoms with E-state index >= 15 is 0 Å². The van der Waals surface area contributed by atoms with Gasteiger partial charge in [0.1, 0.15) is 12.1 Å².